The van der Waals surface area contributed by atoms with Crippen molar-refractivity contribution in [1.82, 2.24) is 0 Å². The lowest BCUT2D eigenvalue weighted by Crippen LogP contribution is -2.38. The summed E-state index contributed by atoms with van der Waals surface area (Å²) in [4.78, 5) is 38.6. The van der Waals surface area contributed by atoms with Crippen molar-refractivity contribution in [2.24, 2.45) is 16.7 Å². The standard InChI is InChI=1S/C21H26O4/c1-11(2)13-16(23)14-12(10-22)19-20(3,4)8-7-9-21(19,5)15(14)17(24)18(13)25-6/h10-11H,7-9H2,1-6H3/t21-/m1/s1. The number of carbonyl (C=O) groups is 3. The molecule has 0 aromatic heterocycles. The van der Waals surface area contributed by atoms with Crippen LogP contribution in [0.3, 0.4) is 0 Å². The largest absolute Gasteiger partial charge is 0.492 e. The van der Waals surface area contributed by atoms with Crippen LogP contribution in [0.5, 0.6) is 0 Å². The van der Waals surface area contributed by atoms with E-state index in [-0.39, 0.29) is 28.7 Å². The SMILES string of the molecule is COC1=C(C(C)C)C(=O)C2=C(C1=O)[C@@]1(C)CCCC(C)(C)C1=C2C=O. The number of aldehydes is 1. The molecule has 0 saturated heterocycles. The Kier molecular flexibility index (Phi) is 3.94. The molecule has 0 aliphatic heterocycles. The first-order valence-electron chi connectivity index (χ1n) is 8.95. The van der Waals surface area contributed by atoms with E-state index in [9.17, 15) is 14.4 Å². The maximum absolute atomic E-state index is 13.3. The van der Waals surface area contributed by atoms with Crippen LogP contribution in [0.25, 0.3) is 0 Å². The molecule has 0 bridgehead atoms. The summed E-state index contributed by atoms with van der Waals surface area (Å²) in [7, 11) is 1.44. The maximum atomic E-state index is 13.3. The zero-order valence-electron chi connectivity index (χ0n) is 15.9. The highest BCUT2D eigenvalue weighted by Gasteiger charge is 2.56. The van der Waals surface area contributed by atoms with E-state index < -0.39 is 5.41 Å². The van der Waals surface area contributed by atoms with Crippen LogP contribution in [0.15, 0.2) is 33.6 Å². The van der Waals surface area contributed by atoms with Gasteiger partial charge in [-0.25, -0.2) is 0 Å². The molecule has 3 aliphatic rings. The Hall–Kier alpha value is -1.97. The van der Waals surface area contributed by atoms with E-state index >= 15 is 0 Å². The molecule has 0 amide bonds. The Balaban J connectivity index is 2.33. The number of allylic oxidation sites excluding steroid dienone is 5. The van der Waals surface area contributed by atoms with Gasteiger partial charge in [-0.1, -0.05) is 41.0 Å². The lowest BCUT2D eigenvalue weighted by Gasteiger charge is -2.45. The Bertz CT molecular complexity index is 789. The number of Topliss-reactive ketones (excluding diaryl/α,β-unsaturated/α-hetero) is 2. The smallest absolute Gasteiger partial charge is 0.225 e. The molecule has 4 nitrogen and oxygen atoms in total. The van der Waals surface area contributed by atoms with Crippen molar-refractivity contribution < 1.29 is 19.1 Å². The summed E-state index contributed by atoms with van der Waals surface area (Å²) in [5.41, 5.74) is 1.80. The fourth-order valence-corrected chi connectivity index (χ4v) is 5.25. The highest BCUT2D eigenvalue weighted by molar-refractivity contribution is 6.30. The van der Waals surface area contributed by atoms with Gasteiger partial charge in [0.15, 0.2) is 17.8 Å². The highest BCUT2D eigenvalue weighted by Crippen LogP contribution is 2.62. The molecule has 134 valence electrons. The van der Waals surface area contributed by atoms with E-state index in [1.165, 1.54) is 7.11 Å². The number of rotatable bonds is 3. The molecular weight excluding hydrogens is 316 g/mol. The summed E-state index contributed by atoms with van der Waals surface area (Å²) in [6, 6.07) is 0. The van der Waals surface area contributed by atoms with E-state index in [0.29, 0.717) is 22.3 Å². The van der Waals surface area contributed by atoms with Gasteiger partial charge in [0.05, 0.1) is 7.11 Å². The summed E-state index contributed by atoms with van der Waals surface area (Å²) in [6.07, 6.45) is 3.46. The minimum atomic E-state index is -0.563. The highest BCUT2D eigenvalue weighted by atomic mass is 16.5. The molecule has 0 spiro atoms. The molecule has 1 fully saturated rings. The minimum absolute atomic E-state index is 0.148. The van der Waals surface area contributed by atoms with Gasteiger partial charge < -0.3 is 4.74 Å². The van der Waals surface area contributed by atoms with Crippen molar-refractivity contribution in [3.63, 3.8) is 0 Å². The zero-order valence-corrected chi connectivity index (χ0v) is 15.9. The second kappa shape index (κ2) is 5.52. The lowest BCUT2D eigenvalue weighted by atomic mass is 9.58. The molecule has 1 atom stereocenters. The molecule has 0 heterocycles. The predicted octanol–water partition coefficient (Wildman–Crippen LogP) is 3.72. The second-order valence-electron chi connectivity index (χ2n) is 8.49. The number of hydrogen-bond donors (Lipinski definition) is 0. The van der Waals surface area contributed by atoms with E-state index in [1.807, 2.05) is 20.8 Å². The average molecular weight is 342 g/mol. The predicted molar refractivity (Wildman–Crippen MR) is 94.7 cm³/mol. The van der Waals surface area contributed by atoms with Crippen LogP contribution in [-0.4, -0.2) is 25.0 Å². The first-order valence-corrected chi connectivity index (χ1v) is 8.95. The number of carbonyl (C=O) groups excluding carboxylic acids is 3. The lowest BCUT2D eigenvalue weighted by molar-refractivity contribution is -0.119. The quantitative estimate of drug-likeness (QED) is 0.579. The Morgan fingerprint density at radius 3 is 2.24 bits per heavy atom. The van der Waals surface area contributed by atoms with Crippen LogP contribution < -0.4 is 0 Å². The van der Waals surface area contributed by atoms with Gasteiger partial charge in [-0.3, -0.25) is 14.4 Å². The summed E-state index contributed by atoms with van der Waals surface area (Å²) >= 11 is 0. The molecular formula is C21H26O4. The average Bonchev–Trinajstić information content (AvgIpc) is 2.80. The molecule has 0 radical (unpaired) electrons. The van der Waals surface area contributed by atoms with E-state index in [2.05, 4.69) is 13.8 Å². The summed E-state index contributed by atoms with van der Waals surface area (Å²) < 4.78 is 5.37. The van der Waals surface area contributed by atoms with Crippen LogP contribution >= 0.6 is 0 Å². The monoisotopic (exact) mass is 342 g/mol. The van der Waals surface area contributed by atoms with E-state index in [0.717, 1.165) is 31.1 Å². The van der Waals surface area contributed by atoms with Crippen LogP contribution in [-0.2, 0) is 19.1 Å². The van der Waals surface area contributed by atoms with Gasteiger partial charge in [-0.15, -0.1) is 0 Å². The number of ketones is 2. The molecule has 3 rings (SSSR count). The van der Waals surface area contributed by atoms with Gasteiger partial charge in [-0.2, -0.15) is 0 Å². The van der Waals surface area contributed by atoms with Crippen LogP contribution in [0.4, 0.5) is 0 Å². The number of hydrogen-bond acceptors (Lipinski definition) is 4. The topological polar surface area (TPSA) is 60.4 Å². The van der Waals surface area contributed by atoms with E-state index in [4.69, 9.17) is 4.74 Å². The third-order valence-electron chi connectivity index (χ3n) is 6.10. The van der Waals surface area contributed by atoms with Crippen molar-refractivity contribution in [2.45, 2.75) is 53.9 Å². The summed E-state index contributed by atoms with van der Waals surface area (Å²) in [6.45, 7) is 9.95. The third-order valence-corrected chi connectivity index (χ3v) is 6.10. The number of fused-ring (bicyclic) bond motifs is 2. The van der Waals surface area contributed by atoms with E-state index in [1.54, 1.807) is 0 Å². The van der Waals surface area contributed by atoms with Crippen molar-refractivity contribution in [2.75, 3.05) is 7.11 Å². The fourth-order valence-electron chi connectivity index (χ4n) is 5.25. The van der Waals surface area contributed by atoms with Gasteiger partial charge >= 0.3 is 0 Å². The number of methoxy groups -OCH3 is 1. The first kappa shape index (κ1) is 17.8. The third kappa shape index (κ3) is 2.16. The van der Waals surface area contributed by atoms with Gasteiger partial charge in [-0.05, 0) is 29.7 Å². The van der Waals surface area contributed by atoms with Crippen LogP contribution in [0.1, 0.15) is 53.9 Å². The Labute approximate surface area is 149 Å². The molecule has 0 N–H and O–H groups in total. The Morgan fingerprint density at radius 2 is 1.72 bits per heavy atom. The fraction of sp³-hybridized carbons (Fsp3) is 0.571. The molecule has 0 unspecified atom stereocenters. The maximum Gasteiger partial charge on any atom is 0.225 e. The van der Waals surface area contributed by atoms with Crippen molar-refractivity contribution in [3.05, 3.63) is 33.6 Å². The number of ether oxygens (including phenoxy) is 1. The van der Waals surface area contributed by atoms with Gasteiger partial charge in [0, 0.05) is 27.7 Å². The first-order chi connectivity index (χ1) is 11.6. The van der Waals surface area contributed by atoms with Gasteiger partial charge in [0.25, 0.3) is 0 Å². The zero-order chi connectivity index (χ0) is 18.7. The summed E-state index contributed by atoms with van der Waals surface area (Å²) in [5, 5.41) is 0. The molecule has 4 heteroatoms. The van der Waals surface area contributed by atoms with Gasteiger partial charge in [0.1, 0.15) is 0 Å². The second-order valence-corrected chi connectivity index (χ2v) is 8.49. The molecule has 3 aliphatic carbocycles. The van der Waals surface area contributed by atoms with Crippen molar-refractivity contribution in [3.8, 4) is 0 Å². The van der Waals surface area contributed by atoms with Gasteiger partial charge in [0.2, 0.25) is 5.78 Å². The normalized spacial score (nSPS) is 28.6. The molecule has 25 heavy (non-hydrogen) atoms. The van der Waals surface area contributed by atoms with Crippen molar-refractivity contribution >= 4 is 17.9 Å². The van der Waals surface area contributed by atoms with Crippen LogP contribution in [0, 0.1) is 16.7 Å². The molecule has 0 aromatic carbocycles. The minimum Gasteiger partial charge on any atom is -0.492 e. The van der Waals surface area contributed by atoms with Crippen molar-refractivity contribution in [1.29, 1.82) is 0 Å². The Morgan fingerprint density at radius 1 is 1.08 bits per heavy atom. The molecule has 1 saturated carbocycles. The summed E-state index contributed by atoms with van der Waals surface area (Å²) in [5.74, 6) is -0.450. The molecule has 0 aromatic rings. The van der Waals surface area contributed by atoms with Crippen LogP contribution in [0.2, 0.25) is 0 Å².